The second-order valence-electron chi connectivity index (χ2n) is 4.49. The number of carbonyl (C=O) groups is 1. The van der Waals surface area contributed by atoms with E-state index in [4.69, 9.17) is 4.74 Å². The van der Waals surface area contributed by atoms with Crippen LogP contribution in [0, 0.1) is 6.92 Å². The van der Waals surface area contributed by atoms with E-state index in [1.165, 1.54) is 0 Å². The SMILES string of the molecule is CNCC(=O)Nc1ccccc1Oc1cccc(C)c1. The van der Waals surface area contributed by atoms with Crippen molar-refractivity contribution < 1.29 is 9.53 Å². The fraction of sp³-hybridized carbons (Fsp3) is 0.188. The van der Waals surface area contributed by atoms with E-state index in [0.717, 1.165) is 11.3 Å². The van der Waals surface area contributed by atoms with Crippen LogP contribution in [0.15, 0.2) is 48.5 Å². The highest BCUT2D eigenvalue weighted by atomic mass is 16.5. The number of anilines is 1. The number of hydrogen-bond acceptors (Lipinski definition) is 3. The molecule has 0 saturated heterocycles. The lowest BCUT2D eigenvalue weighted by Gasteiger charge is -2.12. The van der Waals surface area contributed by atoms with Gasteiger partial charge in [-0.3, -0.25) is 4.79 Å². The molecule has 0 atom stereocenters. The van der Waals surface area contributed by atoms with Crippen molar-refractivity contribution >= 4 is 11.6 Å². The largest absolute Gasteiger partial charge is 0.455 e. The predicted octanol–water partition coefficient (Wildman–Crippen LogP) is 2.95. The van der Waals surface area contributed by atoms with Crippen molar-refractivity contribution in [3.05, 3.63) is 54.1 Å². The van der Waals surface area contributed by atoms with E-state index in [1.807, 2.05) is 55.5 Å². The van der Waals surface area contributed by atoms with Crippen molar-refractivity contribution in [1.82, 2.24) is 5.32 Å². The summed E-state index contributed by atoms with van der Waals surface area (Å²) in [6, 6.07) is 15.2. The fourth-order valence-electron chi connectivity index (χ4n) is 1.82. The van der Waals surface area contributed by atoms with Gasteiger partial charge >= 0.3 is 0 Å². The Hall–Kier alpha value is -2.33. The molecule has 0 bridgehead atoms. The number of benzene rings is 2. The van der Waals surface area contributed by atoms with Crippen molar-refractivity contribution in [1.29, 1.82) is 0 Å². The molecule has 104 valence electrons. The second kappa shape index (κ2) is 6.73. The highest BCUT2D eigenvalue weighted by molar-refractivity contribution is 5.93. The van der Waals surface area contributed by atoms with E-state index in [-0.39, 0.29) is 12.5 Å². The molecule has 2 N–H and O–H groups in total. The average molecular weight is 270 g/mol. The lowest BCUT2D eigenvalue weighted by atomic mass is 10.2. The first-order valence-corrected chi connectivity index (χ1v) is 6.47. The normalized spacial score (nSPS) is 10.1. The number of aryl methyl sites for hydroxylation is 1. The first kappa shape index (κ1) is 14.1. The highest BCUT2D eigenvalue weighted by Crippen LogP contribution is 2.29. The van der Waals surface area contributed by atoms with Crippen molar-refractivity contribution in [2.75, 3.05) is 18.9 Å². The van der Waals surface area contributed by atoms with Gasteiger partial charge in [0.15, 0.2) is 5.75 Å². The van der Waals surface area contributed by atoms with Gasteiger partial charge in [-0.05, 0) is 43.8 Å². The molecule has 0 heterocycles. The molecule has 0 spiro atoms. The molecule has 2 aromatic carbocycles. The summed E-state index contributed by atoms with van der Waals surface area (Å²) in [5, 5.41) is 5.63. The van der Waals surface area contributed by atoms with Gasteiger partial charge in [0.2, 0.25) is 5.91 Å². The van der Waals surface area contributed by atoms with Crippen molar-refractivity contribution in [3.8, 4) is 11.5 Å². The van der Waals surface area contributed by atoms with Crippen LogP contribution >= 0.6 is 0 Å². The zero-order chi connectivity index (χ0) is 14.4. The summed E-state index contributed by atoms with van der Waals surface area (Å²) >= 11 is 0. The highest BCUT2D eigenvalue weighted by Gasteiger charge is 2.07. The molecule has 4 heteroatoms. The minimum atomic E-state index is -0.104. The Kier molecular flexibility index (Phi) is 4.74. The average Bonchev–Trinajstić information content (AvgIpc) is 2.41. The minimum absolute atomic E-state index is 0.104. The summed E-state index contributed by atoms with van der Waals surface area (Å²) in [5.41, 5.74) is 1.79. The number of likely N-dealkylation sites (N-methyl/N-ethyl adjacent to an activating group) is 1. The topological polar surface area (TPSA) is 50.4 Å². The number of nitrogens with one attached hydrogen (secondary N) is 2. The van der Waals surface area contributed by atoms with Gasteiger partial charge in [-0.2, -0.15) is 0 Å². The van der Waals surface area contributed by atoms with Crippen LogP contribution in [0.5, 0.6) is 11.5 Å². The van der Waals surface area contributed by atoms with Crippen molar-refractivity contribution in [2.24, 2.45) is 0 Å². The summed E-state index contributed by atoms with van der Waals surface area (Å²) in [6.45, 7) is 2.27. The summed E-state index contributed by atoms with van der Waals surface area (Å²) < 4.78 is 5.83. The third-order valence-electron chi connectivity index (χ3n) is 2.72. The number of hydrogen-bond donors (Lipinski definition) is 2. The molecule has 0 aliphatic rings. The Morgan fingerprint density at radius 1 is 1.15 bits per heavy atom. The Labute approximate surface area is 118 Å². The maximum Gasteiger partial charge on any atom is 0.238 e. The smallest absolute Gasteiger partial charge is 0.238 e. The lowest BCUT2D eigenvalue weighted by molar-refractivity contribution is -0.115. The molecule has 1 amide bonds. The molecule has 0 aliphatic carbocycles. The number of carbonyl (C=O) groups excluding carboxylic acids is 1. The van der Waals surface area contributed by atoms with Gasteiger partial charge in [-0.15, -0.1) is 0 Å². The molecule has 0 unspecified atom stereocenters. The fourth-order valence-corrected chi connectivity index (χ4v) is 1.82. The summed E-state index contributed by atoms with van der Waals surface area (Å²) in [4.78, 5) is 11.6. The number of ether oxygens (including phenoxy) is 1. The molecular weight excluding hydrogens is 252 g/mol. The van der Waals surface area contributed by atoms with E-state index in [0.29, 0.717) is 11.4 Å². The van der Waals surface area contributed by atoms with Crippen LogP contribution in [0.3, 0.4) is 0 Å². The summed E-state index contributed by atoms with van der Waals surface area (Å²) in [6.07, 6.45) is 0. The zero-order valence-corrected chi connectivity index (χ0v) is 11.6. The van der Waals surface area contributed by atoms with E-state index < -0.39 is 0 Å². The molecule has 2 aromatic rings. The Balaban J connectivity index is 2.17. The molecule has 0 aliphatic heterocycles. The van der Waals surface area contributed by atoms with Gasteiger partial charge in [0.05, 0.1) is 12.2 Å². The maximum absolute atomic E-state index is 11.6. The third kappa shape index (κ3) is 3.83. The van der Waals surface area contributed by atoms with Crippen molar-refractivity contribution in [2.45, 2.75) is 6.92 Å². The van der Waals surface area contributed by atoms with Gasteiger partial charge in [-0.25, -0.2) is 0 Å². The molecular formula is C16H18N2O2. The van der Waals surface area contributed by atoms with Crippen LogP contribution in [0.1, 0.15) is 5.56 Å². The van der Waals surface area contributed by atoms with Crippen LogP contribution in [0.4, 0.5) is 5.69 Å². The van der Waals surface area contributed by atoms with E-state index >= 15 is 0 Å². The standard InChI is InChI=1S/C16H18N2O2/c1-12-6-5-7-13(10-12)20-15-9-4-3-8-14(15)18-16(19)11-17-2/h3-10,17H,11H2,1-2H3,(H,18,19). The Morgan fingerprint density at radius 2 is 1.95 bits per heavy atom. The predicted molar refractivity (Wildman–Crippen MR) is 80.3 cm³/mol. The van der Waals surface area contributed by atoms with Gasteiger partial charge < -0.3 is 15.4 Å². The molecule has 0 fully saturated rings. The van der Waals surface area contributed by atoms with Crippen LogP contribution in [0.2, 0.25) is 0 Å². The molecule has 2 rings (SSSR count). The summed E-state index contributed by atoms with van der Waals surface area (Å²) in [7, 11) is 1.73. The quantitative estimate of drug-likeness (QED) is 0.878. The summed E-state index contributed by atoms with van der Waals surface area (Å²) in [5.74, 6) is 1.27. The number of rotatable bonds is 5. The van der Waals surface area contributed by atoms with Crippen LogP contribution in [-0.2, 0) is 4.79 Å². The first-order chi connectivity index (χ1) is 9.69. The molecule has 0 saturated carbocycles. The zero-order valence-electron chi connectivity index (χ0n) is 11.6. The van der Waals surface area contributed by atoms with Crippen LogP contribution < -0.4 is 15.4 Å². The minimum Gasteiger partial charge on any atom is -0.455 e. The van der Waals surface area contributed by atoms with Gasteiger partial charge in [0, 0.05) is 0 Å². The third-order valence-corrected chi connectivity index (χ3v) is 2.72. The van der Waals surface area contributed by atoms with Gasteiger partial charge in [0.1, 0.15) is 5.75 Å². The van der Waals surface area contributed by atoms with Crippen molar-refractivity contribution in [3.63, 3.8) is 0 Å². The number of para-hydroxylation sites is 2. The van der Waals surface area contributed by atoms with Crippen LogP contribution in [0.25, 0.3) is 0 Å². The van der Waals surface area contributed by atoms with E-state index in [2.05, 4.69) is 10.6 Å². The second-order valence-corrected chi connectivity index (χ2v) is 4.49. The molecule has 4 nitrogen and oxygen atoms in total. The molecule has 0 aromatic heterocycles. The first-order valence-electron chi connectivity index (χ1n) is 6.47. The monoisotopic (exact) mass is 270 g/mol. The Bertz CT molecular complexity index is 597. The van der Waals surface area contributed by atoms with E-state index in [1.54, 1.807) is 7.05 Å². The Morgan fingerprint density at radius 3 is 2.70 bits per heavy atom. The van der Waals surface area contributed by atoms with Gasteiger partial charge in [0.25, 0.3) is 0 Å². The van der Waals surface area contributed by atoms with Crippen LogP contribution in [-0.4, -0.2) is 19.5 Å². The molecule has 0 radical (unpaired) electrons. The van der Waals surface area contributed by atoms with Gasteiger partial charge in [-0.1, -0.05) is 24.3 Å². The lowest BCUT2D eigenvalue weighted by Crippen LogP contribution is -2.25. The number of amides is 1. The maximum atomic E-state index is 11.6. The molecule has 20 heavy (non-hydrogen) atoms. The van der Waals surface area contributed by atoms with E-state index in [9.17, 15) is 4.79 Å².